The van der Waals surface area contributed by atoms with E-state index in [1.54, 1.807) is 24.8 Å². The molecule has 0 aliphatic rings. The zero-order valence-corrected chi connectivity index (χ0v) is 43.6. The van der Waals surface area contributed by atoms with Gasteiger partial charge in [-0.2, -0.15) is 27.9 Å². The number of ether oxygens (including phenoxy) is 6. The van der Waals surface area contributed by atoms with Gasteiger partial charge in [0.25, 0.3) is 0 Å². The molecule has 1 amide bonds. The molecule has 0 heterocycles. The Morgan fingerprint density at radius 1 is 0.778 bits per heavy atom. The number of aliphatic carboxylic acids is 1. The summed E-state index contributed by atoms with van der Waals surface area (Å²) in [6, 6.07) is 18.6. The van der Waals surface area contributed by atoms with E-state index >= 15 is 0 Å². The number of nitrogens with two attached hydrogens (primary N) is 1. The Balaban J connectivity index is 0.00000105. The fourth-order valence-electron chi connectivity index (χ4n) is 5.16. The first-order chi connectivity index (χ1) is 34.0. The average molecular weight is 1070 g/mol. The number of carboxylic acid groups (broad SMARTS) is 1. The van der Waals surface area contributed by atoms with Gasteiger partial charge in [0.2, 0.25) is 11.7 Å². The lowest BCUT2D eigenvalue weighted by Gasteiger charge is -2.11. The number of nitro groups is 1. The number of carbonyl (C=O) groups excluding carboxylic acids is 4. The summed E-state index contributed by atoms with van der Waals surface area (Å²) in [6.07, 6.45) is 4.51. The van der Waals surface area contributed by atoms with Crippen molar-refractivity contribution in [3.05, 3.63) is 136 Å². The predicted octanol–water partition coefficient (Wildman–Crippen LogP) is 8.36. The first kappa shape index (κ1) is 66.4. The number of hydrogen-bond acceptors (Lipinski definition) is 16. The lowest BCUT2D eigenvalue weighted by molar-refractivity contribution is -0.387. The maximum absolute atomic E-state index is 13.1. The molecule has 2 unspecified atom stereocenters. The average Bonchev–Trinajstić information content (AvgIpc) is 3.36. The van der Waals surface area contributed by atoms with Crippen LogP contribution in [0.3, 0.4) is 0 Å². The molecular formula is C51H69ClFN3O14S2. The zero-order chi connectivity index (χ0) is 52.8. The summed E-state index contributed by atoms with van der Waals surface area (Å²) in [7, 11) is 0. The highest BCUT2D eigenvalue weighted by atomic mass is 35.5. The van der Waals surface area contributed by atoms with Crippen molar-refractivity contribution in [2.45, 2.75) is 46.8 Å². The van der Waals surface area contributed by atoms with E-state index in [0.717, 1.165) is 58.4 Å². The molecule has 2 atom stereocenters. The van der Waals surface area contributed by atoms with E-state index in [1.165, 1.54) is 18.7 Å². The molecule has 0 aliphatic heterocycles. The molecular weight excluding hydrogens is 997 g/mol. The SMILES string of the molecule is C=C(C)C(=O)OCCOC(=O)c1ccc(F)c([N+](=O)[O-])c1.C=Cc1ccc(COCCOC(=O)C(C)CSCCC(=O)O)cc1.C=Cc1ccc(COCCOCCCNC(=O)C(C)CSCCN)cc1.Cl. The van der Waals surface area contributed by atoms with E-state index in [4.69, 9.17) is 34.5 Å². The summed E-state index contributed by atoms with van der Waals surface area (Å²) >= 11 is 3.16. The molecule has 0 saturated heterocycles. The number of nitro benzene ring substituents is 1. The monoisotopic (exact) mass is 1070 g/mol. The number of esters is 3. The third kappa shape index (κ3) is 31.7. The predicted molar refractivity (Wildman–Crippen MR) is 282 cm³/mol. The largest absolute Gasteiger partial charge is 0.481 e. The van der Waals surface area contributed by atoms with E-state index in [1.807, 2.05) is 61.5 Å². The van der Waals surface area contributed by atoms with E-state index in [-0.39, 0.29) is 73.5 Å². The highest BCUT2D eigenvalue weighted by molar-refractivity contribution is 7.99. The van der Waals surface area contributed by atoms with Gasteiger partial charge in [-0.05, 0) is 47.7 Å². The number of halogens is 2. The van der Waals surface area contributed by atoms with Gasteiger partial charge in [0.1, 0.15) is 19.8 Å². The topological polar surface area (TPSA) is 242 Å². The molecule has 0 radical (unpaired) electrons. The van der Waals surface area contributed by atoms with Crippen molar-refractivity contribution >= 4 is 83.6 Å². The third-order valence-electron chi connectivity index (χ3n) is 9.16. The van der Waals surface area contributed by atoms with E-state index in [2.05, 4.69) is 29.8 Å². The lowest BCUT2D eigenvalue weighted by Crippen LogP contribution is -2.31. The molecule has 0 aromatic heterocycles. The fourth-order valence-corrected chi connectivity index (χ4v) is 6.98. The molecule has 72 heavy (non-hydrogen) atoms. The molecule has 0 bridgehead atoms. The number of nitrogens with zero attached hydrogens (tertiary/aromatic N) is 1. The summed E-state index contributed by atoms with van der Waals surface area (Å²) in [5, 5.41) is 22.0. The normalized spacial score (nSPS) is 11.1. The van der Waals surface area contributed by atoms with Crippen LogP contribution in [0.15, 0.2) is 92.0 Å². The van der Waals surface area contributed by atoms with Crippen LogP contribution >= 0.6 is 35.9 Å². The van der Waals surface area contributed by atoms with Gasteiger partial charge in [0, 0.05) is 60.3 Å². The van der Waals surface area contributed by atoms with Crippen molar-refractivity contribution < 1.29 is 66.8 Å². The van der Waals surface area contributed by atoms with Crippen molar-refractivity contribution in [1.29, 1.82) is 0 Å². The van der Waals surface area contributed by atoms with Gasteiger partial charge in [-0.3, -0.25) is 24.5 Å². The second-order valence-electron chi connectivity index (χ2n) is 15.3. The number of carboxylic acids is 1. The Labute approximate surface area is 436 Å². The Kier molecular flexibility index (Phi) is 37.7. The fraction of sp³-hybridized carbons (Fsp3) is 0.431. The highest BCUT2D eigenvalue weighted by Gasteiger charge is 2.19. The van der Waals surface area contributed by atoms with Crippen molar-refractivity contribution in [2.75, 3.05) is 82.3 Å². The van der Waals surface area contributed by atoms with Gasteiger partial charge >= 0.3 is 29.6 Å². The minimum atomic E-state index is -1.05. The molecule has 0 fully saturated rings. The number of thioether (sulfide) groups is 2. The third-order valence-corrected chi connectivity index (χ3v) is 11.7. The number of nitrogens with one attached hydrogen (secondary N) is 1. The van der Waals surface area contributed by atoms with Crippen LogP contribution in [0.25, 0.3) is 12.2 Å². The smallest absolute Gasteiger partial charge is 0.338 e. The Hall–Kier alpha value is -5.61. The number of hydrogen-bond donors (Lipinski definition) is 3. The van der Waals surface area contributed by atoms with Crippen LogP contribution in [0, 0.1) is 27.8 Å². The molecule has 21 heteroatoms. The van der Waals surface area contributed by atoms with Crippen molar-refractivity contribution in [3.8, 4) is 0 Å². The van der Waals surface area contributed by atoms with Crippen LogP contribution in [-0.4, -0.2) is 122 Å². The highest BCUT2D eigenvalue weighted by Crippen LogP contribution is 2.19. The van der Waals surface area contributed by atoms with Crippen LogP contribution < -0.4 is 11.1 Å². The van der Waals surface area contributed by atoms with Crippen LogP contribution in [0.4, 0.5) is 10.1 Å². The summed E-state index contributed by atoms with van der Waals surface area (Å²) in [5.41, 5.74) is 9.00. The van der Waals surface area contributed by atoms with Crippen molar-refractivity contribution in [2.24, 2.45) is 17.6 Å². The van der Waals surface area contributed by atoms with Crippen LogP contribution in [0.5, 0.6) is 0 Å². The van der Waals surface area contributed by atoms with Gasteiger partial charge < -0.3 is 44.6 Å². The van der Waals surface area contributed by atoms with Crippen LogP contribution in [0.2, 0.25) is 0 Å². The van der Waals surface area contributed by atoms with Gasteiger partial charge in [0.05, 0.1) is 55.9 Å². The molecule has 0 aliphatic carbocycles. The quantitative estimate of drug-likeness (QED) is 0.0130. The molecule has 17 nitrogen and oxygen atoms in total. The van der Waals surface area contributed by atoms with E-state index in [9.17, 15) is 38.5 Å². The Bertz CT molecular complexity index is 2120. The second-order valence-corrected chi connectivity index (χ2v) is 17.6. The van der Waals surface area contributed by atoms with Gasteiger partial charge in [-0.1, -0.05) is 94.3 Å². The van der Waals surface area contributed by atoms with Gasteiger partial charge in [-0.15, -0.1) is 12.4 Å². The second kappa shape index (κ2) is 40.9. The summed E-state index contributed by atoms with van der Waals surface area (Å²) in [6.45, 7) is 20.2. The zero-order valence-electron chi connectivity index (χ0n) is 41.2. The first-order valence-corrected chi connectivity index (χ1v) is 24.9. The van der Waals surface area contributed by atoms with Crippen molar-refractivity contribution in [1.82, 2.24) is 5.32 Å². The minimum Gasteiger partial charge on any atom is -0.481 e. The van der Waals surface area contributed by atoms with E-state index in [0.29, 0.717) is 64.2 Å². The van der Waals surface area contributed by atoms with Crippen molar-refractivity contribution in [3.63, 3.8) is 0 Å². The summed E-state index contributed by atoms with van der Waals surface area (Å²) in [4.78, 5) is 66.2. The maximum Gasteiger partial charge on any atom is 0.338 e. The summed E-state index contributed by atoms with van der Waals surface area (Å²) in [5.74, 6) is -1.04. The van der Waals surface area contributed by atoms with Gasteiger partial charge in [-0.25, -0.2) is 9.59 Å². The Morgan fingerprint density at radius 3 is 1.85 bits per heavy atom. The Morgan fingerprint density at radius 2 is 1.31 bits per heavy atom. The number of carbonyl (C=O) groups is 5. The number of benzene rings is 3. The van der Waals surface area contributed by atoms with E-state index < -0.39 is 34.3 Å². The van der Waals surface area contributed by atoms with Crippen LogP contribution in [0.1, 0.15) is 66.2 Å². The standard InChI is InChI=1S/C20H32N2O3S.C18H24O5S.C13H12FNO6.ClH/c1-3-18-5-7-19(8-6-18)15-25-13-12-24-11-4-10-22-20(23)17(2)16-26-14-9-21;1-3-15-4-6-16(7-5-15)12-22-9-10-23-18(21)14(2)13-24-11-8-17(19)20;1-8(2)12(16)20-5-6-21-13(17)9-3-4-10(14)11(7-9)15(18)19;/h3,5-8,17H,1,4,9-16,21H2,2H3,(H,22,23);3-7,14H,1,8-13H2,2H3,(H,19,20);3-4,7H,1,5-6H2,2H3;1H. The maximum atomic E-state index is 13.1. The number of amides is 1. The molecule has 398 valence electrons. The molecule has 4 N–H and O–H groups in total. The summed E-state index contributed by atoms with van der Waals surface area (Å²) < 4.78 is 44.3. The molecule has 3 rings (SSSR count). The molecule has 0 saturated carbocycles. The minimum absolute atomic E-state index is 0. The lowest BCUT2D eigenvalue weighted by atomic mass is 10.1. The number of rotatable bonds is 33. The van der Waals surface area contributed by atoms with Crippen LogP contribution in [-0.2, 0) is 60.8 Å². The molecule has 0 spiro atoms. The first-order valence-electron chi connectivity index (χ1n) is 22.6. The molecule has 3 aromatic rings. The van der Waals surface area contributed by atoms with Gasteiger partial charge in [0.15, 0.2) is 0 Å². The molecule has 3 aromatic carbocycles.